The van der Waals surface area contributed by atoms with Gasteiger partial charge in [-0.3, -0.25) is 14.3 Å². The largest absolute Gasteiger partial charge is 0.349 e. The van der Waals surface area contributed by atoms with E-state index in [-0.39, 0.29) is 80.6 Å². The molecule has 0 aliphatic heterocycles. The van der Waals surface area contributed by atoms with Crippen LogP contribution in [0.2, 0.25) is 0 Å². The number of aryl methyl sites for hydroxylation is 1. The van der Waals surface area contributed by atoms with E-state index in [1.807, 2.05) is 13.0 Å². The minimum absolute atomic E-state index is 0.0702. The molecule has 0 unspecified atom stereocenters. The molecule has 6 rings (SSSR count). The summed E-state index contributed by atoms with van der Waals surface area (Å²) in [6.45, 7) is 2.38. The molecule has 0 bridgehead atoms. The molecule has 3 aliphatic carbocycles. The van der Waals surface area contributed by atoms with Crippen LogP contribution in [0.15, 0.2) is 30.7 Å². The fourth-order valence-corrected chi connectivity index (χ4v) is 6.72. The number of halogens is 4. The van der Waals surface area contributed by atoms with Gasteiger partial charge in [0.25, 0.3) is 5.91 Å². The van der Waals surface area contributed by atoms with E-state index in [1.165, 1.54) is 0 Å². The maximum atomic E-state index is 14.0. The molecule has 0 radical (unpaired) electrons. The fraction of sp³-hybridized carbons (Fsp3) is 0.633. The number of nitrogens with one attached hydrogen (secondary N) is 2. The molecule has 3 fully saturated rings. The number of fused-ring (bicyclic) bond motifs is 1. The van der Waals surface area contributed by atoms with E-state index in [9.17, 15) is 27.2 Å². The first-order chi connectivity index (χ1) is 20.5. The van der Waals surface area contributed by atoms with Crippen LogP contribution in [0, 0.1) is 17.8 Å². The molecule has 3 aromatic rings. The number of amides is 2. The van der Waals surface area contributed by atoms with Gasteiger partial charge in [0.2, 0.25) is 17.8 Å². The van der Waals surface area contributed by atoms with Gasteiger partial charge in [0.15, 0.2) is 5.65 Å². The van der Waals surface area contributed by atoms with E-state index < -0.39 is 17.9 Å². The molecule has 0 saturated heterocycles. The molecule has 13 heteroatoms. The highest BCUT2D eigenvalue weighted by molar-refractivity contribution is 5.92. The van der Waals surface area contributed by atoms with Crippen LogP contribution in [0.5, 0.6) is 0 Å². The minimum atomic E-state index is -2.72. The lowest BCUT2D eigenvalue weighted by Crippen LogP contribution is -2.41. The number of aromatic nitrogens is 5. The van der Waals surface area contributed by atoms with Crippen molar-refractivity contribution in [3.63, 3.8) is 0 Å². The normalized spacial score (nSPS) is 22.0. The Morgan fingerprint density at radius 2 is 1.72 bits per heavy atom. The SMILES string of the molecule is CCn1nccc1C(=O)N[C@H](c1cn2ncc([C@@H](NC(=O)CC3CC(F)(F)C3)C3CCC3)cc2n1)C1CCC(F)(F)CC1. The smallest absolute Gasteiger partial charge is 0.270 e. The molecule has 0 aromatic carbocycles. The molecule has 2 atom stereocenters. The first-order valence-electron chi connectivity index (χ1n) is 15.2. The van der Waals surface area contributed by atoms with Crippen molar-refractivity contribution in [2.24, 2.45) is 17.8 Å². The van der Waals surface area contributed by atoms with E-state index in [1.54, 1.807) is 33.9 Å². The van der Waals surface area contributed by atoms with Crippen molar-refractivity contribution in [2.75, 3.05) is 0 Å². The lowest BCUT2D eigenvalue weighted by molar-refractivity contribution is -0.134. The summed E-state index contributed by atoms with van der Waals surface area (Å²) in [6, 6.07) is 2.53. The molecular formula is C30H37F4N7O2. The summed E-state index contributed by atoms with van der Waals surface area (Å²) < 4.78 is 57.8. The molecule has 3 aliphatic rings. The highest BCUT2D eigenvalue weighted by atomic mass is 19.3. The van der Waals surface area contributed by atoms with Crippen LogP contribution in [-0.2, 0) is 11.3 Å². The molecule has 0 spiro atoms. The maximum Gasteiger partial charge on any atom is 0.270 e. The number of hydrogen-bond acceptors (Lipinski definition) is 5. The van der Waals surface area contributed by atoms with Crippen molar-refractivity contribution in [1.82, 2.24) is 35.0 Å². The van der Waals surface area contributed by atoms with Crippen LogP contribution in [0.3, 0.4) is 0 Å². The highest BCUT2D eigenvalue weighted by Gasteiger charge is 2.46. The summed E-state index contributed by atoms with van der Waals surface area (Å²) in [5.74, 6) is -6.33. The molecule has 3 aromatic heterocycles. The van der Waals surface area contributed by atoms with Gasteiger partial charge in [-0.25, -0.2) is 27.1 Å². The Balaban J connectivity index is 1.24. The predicted octanol–water partition coefficient (Wildman–Crippen LogP) is 5.64. The van der Waals surface area contributed by atoms with Crippen LogP contribution in [0.1, 0.15) is 105 Å². The zero-order valence-electron chi connectivity index (χ0n) is 24.1. The van der Waals surface area contributed by atoms with Crippen LogP contribution in [0.4, 0.5) is 17.6 Å². The average Bonchev–Trinajstić information content (AvgIpc) is 3.56. The van der Waals surface area contributed by atoms with Gasteiger partial charge in [0.05, 0.1) is 30.2 Å². The van der Waals surface area contributed by atoms with Crippen molar-refractivity contribution < 1.29 is 27.2 Å². The molecule has 232 valence electrons. The van der Waals surface area contributed by atoms with Gasteiger partial charge >= 0.3 is 0 Å². The number of carbonyl (C=O) groups excluding carboxylic acids is 2. The number of hydrogen-bond donors (Lipinski definition) is 2. The highest BCUT2D eigenvalue weighted by Crippen LogP contribution is 2.45. The van der Waals surface area contributed by atoms with E-state index in [0.29, 0.717) is 23.6 Å². The molecule has 3 heterocycles. The van der Waals surface area contributed by atoms with Gasteiger partial charge < -0.3 is 10.6 Å². The zero-order chi connectivity index (χ0) is 30.4. The lowest BCUT2D eigenvalue weighted by Gasteiger charge is -2.37. The van der Waals surface area contributed by atoms with Gasteiger partial charge in [0, 0.05) is 44.8 Å². The molecule has 43 heavy (non-hydrogen) atoms. The monoisotopic (exact) mass is 603 g/mol. The molecular weight excluding hydrogens is 566 g/mol. The first-order valence-corrected chi connectivity index (χ1v) is 15.2. The minimum Gasteiger partial charge on any atom is -0.349 e. The summed E-state index contributed by atoms with van der Waals surface area (Å²) in [4.78, 5) is 30.9. The standard InChI is InChI=1S/C30H37F4N7O2/c1-2-40-23(8-11-35-40)28(43)39-27(20-6-9-29(31,32)10-7-20)22-17-41-24(37-22)13-21(16-36-41)26(19-4-3-5-19)38-25(42)12-18-14-30(33,34)15-18/h8,11,13,16-20,26-27H,2-7,9-10,12,14-15H2,1H3,(H,38,42)(H,39,43)/t26-,27-/m0/s1. The Morgan fingerprint density at radius 1 is 1.00 bits per heavy atom. The van der Waals surface area contributed by atoms with Crippen molar-refractivity contribution in [3.05, 3.63) is 47.7 Å². The Kier molecular flexibility index (Phi) is 7.93. The summed E-state index contributed by atoms with van der Waals surface area (Å²) in [5, 5.41) is 14.8. The Labute approximate surface area is 246 Å². The van der Waals surface area contributed by atoms with Crippen molar-refractivity contribution in [1.29, 1.82) is 0 Å². The second kappa shape index (κ2) is 11.5. The maximum absolute atomic E-state index is 14.0. The Bertz CT molecular complexity index is 1470. The number of nitrogens with zero attached hydrogens (tertiary/aromatic N) is 5. The third-order valence-electron chi connectivity index (χ3n) is 9.39. The molecule has 3 saturated carbocycles. The van der Waals surface area contributed by atoms with Crippen LogP contribution < -0.4 is 10.6 Å². The number of alkyl halides is 4. The quantitative estimate of drug-likeness (QED) is 0.292. The summed E-state index contributed by atoms with van der Waals surface area (Å²) in [5.41, 5.74) is 2.17. The van der Waals surface area contributed by atoms with Crippen molar-refractivity contribution in [3.8, 4) is 0 Å². The second-order valence-electron chi connectivity index (χ2n) is 12.5. The van der Waals surface area contributed by atoms with Gasteiger partial charge in [-0.2, -0.15) is 10.2 Å². The van der Waals surface area contributed by atoms with Crippen LogP contribution in [0.25, 0.3) is 5.65 Å². The predicted molar refractivity (Wildman–Crippen MR) is 149 cm³/mol. The summed E-state index contributed by atoms with van der Waals surface area (Å²) in [6.07, 6.45) is 7.38. The van der Waals surface area contributed by atoms with Gasteiger partial charge in [-0.15, -0.1) is 0 Å². The third-order valence-corrected chi connectivity index (χ3v) is 9.39. The topological polar surface area (TPSA) is 106 Å². The van der Waals surface area contributed by atoms with Crippen LogP contribution >= 0.6 is 0 Å². The first kappa shape index (κ1) is 29.6. The molecule has 9 nitrogen and oxygen atoms in total. The summed E-state index contributed by atoms with van der Waals surface area (Å²) >= 11 is 0. The lowest BCUT2D eigenvalue weighted by atomic mass is 9.76. The van der Waals surface area contributed by atoms with E-state index in [0.717, 1.165) is 24.8 Å². The zero-order valence-corrected chi connectivity index (χ0v) is 24.1. The molecule has 2 amide bonds. The van der Waals surface area contributed by atoms with E-state index in [4.69, 9.17) is 4.98 Å². The number of imidazole rings is 1. The van der Waals surface area contributed by atoms with E-state index >= 15 is 0 Å². The second-order valence-corrected chi connectivity index (χ2v) is 12.5. The fourth-order valence-electron chi connectivity index (χ4n) is 6.72. The van der Waals surface area contributed by atoms with Gasteiger partial charge in [0.1, 0.15) is 5.69 Å². The number of rotatable bonds is 10. The van der Waals surface area contributed by atoms with Crippen LogP contribution in [-0.4, -0.2) is 48.0 Å². The van der Waals surface area contributed by atoms with Gasteiger partial charge in [-0.05, 0) is 68.1 Å². The van der Waals surface area contributed by atoms with Gasteiger partial charge in [-0.1, -0.05) is 6.42 Å². The Morgan fingerprint density at radius 3 is 2.37 bits per heavy atom. The Hall–Kier alpha value is -3.51. The number of carbonyl (C=O) groups is 2. The molecule has 2 N–H and O–H groups in total. The van der Waals surface area contributed by atoms with Crippen molar-refractivity contribution in [2.45, 2.75) is 102 Å². The summed E-state index contributed by atoms with van der Waals surface area (Å²) in [7, 11) is 0. The van der Waals surface area contributed by atoms with E-state index in [2.05, 4.69) is 20.8 Å². The van der Waals surface area contributed by atoms with Crippen molar-refractivity contribution >= 4 is 17.5 Å². The third kappa shape index (κ3) is 6.40. The average molecular weight is 604 g/mol.